The van der Waals surface area contributed by atoms with E-state index in [-0.39, 0.29) is 20.7 Å². The first-order valence-electron chi connectivity index (χ1n) is 10.5. The maximum Gasteiger partial charge on any atom is 0.214 e. The smallest absolute Gasteiger partial charge is 0.214 e. The van der Waals surface area contributed by atoms with Gasteiger partial charge in [-0.2, -0.15) is 0 Å². The van der Waals surface area contributed by atoms with Gasteiger partial charge in [-0.05, 0) is 73.5 Å². The molecule has 0 fully saturated rings. The molecule has 0 aliphatic rings. The van der Waals surface area contributed by atoms with Gasteiger partial charge in [0.2, 0.25) is 10.2 Å². The molecule has 0 N–H and O–H groups in total. The average Bonchev–Trinajstić information content (AvgIpc) is 2.78. The van der Waals surface area contributed by atoms with Crippen LogP contribution in [-0.2, 0) is 9.59 Å². The molecule has 0 heterocycles. The van der Waals surface area contributed by atoms with Crippen molar-refractivity contribution in [2.45, 2.75) is 57.8 Å². The number of carbonyl (C=O) groups is 2. The van der Waals surface area contributed by atoms with E-state index in [1.807, 2.05) is 0 Å². The van der Waals surface area contributed by atoms with Gasteiger partial charge >= 0.3 is 0 Å². The van der Waals surface area contributed by atoms with Crippen LogP contribution in [0, 0.1) is 0 Å². The van der Waals surface area contributed by atoms with Gasteiger partial charge in [0.1, 0.15) is 0 Å². The Bertz CT molecular complexity index is 888. The first-order chi connectivity index (χ1) is 15.6. The summed E-state index contributed by atoms with van der Waals surface area (Å²) in [6.45, 7) is 15.1. The summed E-state index contributed by atoms with van der Waals surface area (Å²) in [7, 11) is 0. The van der Waals surface area contributed by atoms with Crippen LogP contribution >= 0.6 is 58.8 Å². The summed E-state index contributed by atoms with van der Waals surface area (Å²) in [6.07, 6.45) is 0. The Labute approximate surface area is 219 Å². The molecular formula is C26H30O2S5. The summed E-state index contributed by atoms with van der Waals surface area (Å²) in [5.74, 6) is 1.77. The second-order valence-corrected chi connectivity index (χ2v) is 13.8. The van der Waals surface area contributed by atoms with E-state index in [9.17, 15) is 9.59 Å². The SMILES string of the molecule is C=C(C)C(=O)SC(C)CSc1ccc(Sc2ccc(SCC(C)SC(=O)C(=C)C)cc2)cc1. The Morgan fingerprint density at radius 3 is 1.27 bits per heavy atom. The summed E-state index contributed by atoms with van der Waals surface area (Å²) >= 11 is 7.99. The van der Waals surface area contributed by atoms with Gasteiger partial charge in [0.25, 0.3) is 0 Å². The van der Waals surface area contributed by atoms with Crippen molar-refractivity contribution >= 4 is 69.0 Å². The van der Waals surface area contributed by atoms with Gasteiger partial charge in [-0.1, -0.05) is 62.3 Å². The first kappa shape index (κ1) is 28.2. The lowest BCUT2D eigenvalue weighted by Gasteiger charge is -2.11. The molecule has 2 unspecified atom stereocenters. The molecule has 176 valence electrons. The molecule has 2 aromatic rings. The minimum Gasteiger partial charge on any atom is -0.282 e. The minimum atomic E-state index is 0.0746. The van der Waals surface area contributed by atoms with Crippen LogP contribution in [0.1, 0.15) is 27.7 Å². The van der Waals surface area contributed by atoms with E-state index in [1.165, 1.54) is 43.1 Å². The van der Waals surface area contributed by atoms with Crippen molar-refractivity contribution in [3.05, 3.63) is 72.8 Å². The zero-order valence-corrected chi connectivity index (χ0v) is 23.5. The van der Waals surface area contributed by atoms with Crippen LogP contribution in [0.3, 0.4) is 0 Å². The number of hydrogen-bond donors (Lipinski definition) is 0. The Hall–Kier alpha value is -0.990. The number of benzene rings is 2. The summed E-state index contributed by atoms with van der Waals surface area (Å²) < 4.78 is 0. The maximum atomic E-state index is 11.8. The molecular weight excluding hydrogens is 505 g/mol. The van der Waals surface area contributed by atoms with Crippen molar-refractivity contribution in [2.24, 2.45) is 0 Å². The monoisotopic (exact) mass is 534 g/mol. The summed E-state index contributed by atoms with van der Waals surface area (Å²) in [6, 6.07) is 17.1. The van der Waals surface area contributed by atoms with Crippen molar-refractivity contribution in [1.82, 2.24) is 0 Å². The highest BCUT2D eigenvalue weighted by Gasteiger charge is 2.12. The Balaban J connectivity index is 1.79. The Kier molecular flexibility index (Phi) is 12.3. The predicted octanol–water partition coefficient (Wildman–Crippen LogP) is 8.47. The highest BCUT2D eigenvalue weighted by molar-refractivity contribution is 8.15. The molecule has 2 aromatic carbocycles. The van der Waals surface area contributed by atoms with Crippen LogP contribution in [0.15, 0.2) is 92.4 Å². The van der Waals surface area contributed by atoms with Gasteiger partial charge in [-0.25, -0.2) is 0 Å². The van der Waals surface area contributed by atoms with Crippen molar-refractivity contribution in [3.8, 4) is 0 Å². The molecule has 0 spiro atoms. The summed E-state index contributed by atoms with van der Waals surface area (Å²) in [4.78, 5) is 28.3. The van der Waals surface area contributed by atoms with Crippen LogP contribution < -0.4 is 0 Å². The fourth-order valence-electron chi connectivity index (χ4n) is 2.41. The third-order valence-electron chi connectivity index (χ3n) is 4.17. The van der Waals surface area contributed by atoms with Crippen molar-refractivity contribution in [2.75, 3.05) is 11.5 Å². The molecule has 0 aromatic heterocycles. The molecule has 33 heavy (non-hydrogen) atoms. The fourth-order valence-corrected chi connectivity index (χ4v) is 6.82. The molecule has 7 heteroatoms. The Morgan fingerprint density at radius 2 is 0.970 bits per heavy atom. The zero-order valence-electron chi connectivity index (χ0n) is 19.5. The molecule has 0 bridgehead atoms. The number of thioether (sulfide) groups is 4. The molecule has 0 aliphatic carbocycles. The molecule has 0 radical (unpaired) electrons. The molecule has 0 amide bonds. The summed E-state index contributed by atoms with van der Waals surface area (Å²) in [5, 5.41) is 0.645. The lowest BCUT2D eigenvalue weighted by Crippen LogP contribution is -2.05. The lowest BCUT2D eigenvalue weighted by molar-refractivity contribution is -0.108. The van der Waals surface area contributed by atoms with E-state index in [2.05, 4.69) is 75.5 Å². The van der Waals surface area contributed by atoms with Crippen molar-refractivity contribution in [1.29, 1.82) is 0 Å². The molecule has 0 saturated carbocycles. The number of rotatable bonds is 12. The molecule has 2 nitrogen and oxygen atoms in total. The quantitative estimate of drug-likeness (QED) is 0.199. The van der Waals surface area contributed by atoms with E-state index in [1.54, 1.807) is 49.1 Å². The number of hydrogen-bond acceptors (Lipinski definition) is 7. The van der Waals surface area contributed by atoms with Gasteiger partial charge in [0, 0.05) is 41.6 Å². The average molecular weight is 535 g/mol. The normalized spacial score (nSPS) is 12.7. The second-order valence-electron chi connectivity index (χ2n) is 7.66. The number of carbonyl (C=O) groups excluding carboxylic acids is 2. The third-order valence-corrected chi connectivity index (χ3v) is 10.4. The molecule has 2 atom stereocenters. The van der Waals surface area contributed by atoms with Gasteiger partial charge in [0.15, 0.2) is 0 Å². The minimum absolute atomic E-state index is 0.0746. The predicted molar refractivity (Wildman–Crippen MR) is 152 cm³/mol. The van der Waals surface area contributed by atoms with E-state index >= 15 is 0 Å². The van der Waals surface area contributed by atoms with Gasteiger partial charge in [-0.15, -0.1) is 23.5 Å². The van der Waals surface area contributed by atoms with E-state index in [0.717, 1.165) is 11.5 Å². The maximum absolute atomic E-state index is 11.8. The molecule has 0 saturated heterocycles. The largest absolute Gasteiger partial charge is 0.282 e. The highest BCUT2D eigenvalue weighted by atomic mass is 32.2. The first-order valence-corrected chi connectivity index (χ1v) is 15.0. The Morgan fingerprint density at radius 1 is 0.667 bits per heavy atom. The van der Waals surface area contributed by atoms with E-state index in [0.29, 0.717) is 11.1 Å². The van der Waals surface area contributed by atoms with E-state index < -0.39 is 0 Å². The molecule has 2 rings (SSSR count). The standard InChI is InChI=1S/C26H30O2S5/c1-17(2)25(27)31-19(5)15-29-21-7-11-23(12-8-21)33-24-13-9-22(10-14-24)30-16-20(6)32-26(28)18(3)4/h7-14,19-20H,1,3,15-16H2,2,4-6H3. The van der Waals surface area contributed by atoms with Crippen LogP contribution in [-0.4, -0.2) is 32.2 Å². The molecule has 0 aliphatic heterocycles. The van der Waals surface area contributed by atoms with Crippen molar-refractivity contribution < 1.29 is 9.59 Å². The second kappa shape index (κ2) is 14.4. The van der Waals surface area contributed by atoms with Gasteiger partial charge < -0.3 is 0 Å². The van der Waals surface area contributed by atoms with Crippen LogP contribution in [0.2, 0.25) is 0 Å². The van der Waals surface area contributed by atoms with Crippen LogP contribution in [0.4, 0.5) is 0 Å². The fraction of sp³-hybridized carbons (Fsp3) is 0.308. The zero-order chi connectivity index (χ0) is 24.4. The van der Waals surface area contributed by atoms with Gasteiger partial charge in [0.05, 0.1) is 0 Å². The van der Waals surface area contributed by atoms with E-state index in [4.69, 9.17) is 0 Å². The topological polar surface area (TPSA) is 34.1 Å². The van der Waals surface area contributed by atoms with Crippen LogP contribution in [0.25, 0.3) is 0 Å². The highest BCUT2D eigenvalue weighted by Crippen LogP contribution is 2.32. The lowest BCUT2D eigenvalue weighted by atomic mass is 10.4. The third kappa shape index (κ3) is 10.9. The summed E-state index contributed by atoms with van der Waals surface area (Å²) in [5.41, 5.74) is 1.21. The van der Waals surface area contributed by atoms with Crippen molar-refractivity contribution in [3.63, 3.8) is 0 Å². The van der Waals surface area contributed by atoms with Gasteiger partial charge in [-0.3, -0.25) is 9.59 Å². The van der Waals surface area contributed by atoms with Crippen LogP contribution in [0.5, 0.6) is 0 Å².